The lowest BCUT2D eigenvalue weighted by Gasteiger charge is -2.02. The standard InChI is InChI=1S/C10H7BrN2O3S/c11-6-2-4-17-9(6)7(14)5-13-3-1-8(15)12-10(13)16/h1-4H,5H2,(H,12,15,16). The summed E-state index contributed by atoms with van der Waals surface area (Å²) in [5.74, 6) is -0.180. The Bertz CT molecular complexity index is 670. The maximum Gasteiger partial charge on any atom is 0.328 e. The zero-order valence-electron chi connectivity index (χ0n) is 8.47. The molecule has 0 radical (unpaired) electrons. The Kier molecular flexibility index (Phi) is 3.39. The first-order valence-electron chi connectivity index (χ1n) is 4.64. The Morgan fingerprint density at radius 1 is 1.41 bits per heavy atom. The van der Waals surface area contributed by atoms with Crippen LogP contribution in [-0.4, -0.2) is 15.3 Å². The van der Waals surface area contributed by atoms with Gasteiger partial charge in [0.05, 0.1) is 11.4 Å². The van der Waals surface area contributed by atoms with Gasteiger partial charge in [-0.2, -0.15) is 0 Å². The van der Waals surface area contributed by atoms with E-state index in [0.29, 0.717) is 9.35 Å². The van der Waals surface area contributed by atoms with E-state index in [9.17, 15) is 14.4 Å². The average molecular weight is 315 g/mol. The van der Waals surface area contributed by atoms with Crippen LogP contribution >= 0.6 is 27.3 Å². The van der Waals surface area contributed by atoms with E-state index < -0.39 is 11.2 Å². The Morgan fingerprint density at radius 2 is 2.18 bits per heavy atom. The van der Waals surface area contributed by atoms with Crippen LogP contribution in [-0.2, 0) is 6.54 Å². The summed E-state index contributed by atoms with van der Waals surface area (Å²) in [6, 6.07) is 2.98. The van der Waals surface area contributed by atoms with E-state index in [1.165, 1.54) is 23.6 Å². The van der Waals surface area contributed by atoms with Crippen molar-refractivity contribution >= 4 is 33.0 Å². The van der Waals surface area contributed by atoms with Crippen LogP contribution in [0.15, 0.2) is 37.8 Å². The molecule has 2 heterocycles. The molecule has 0 unspecified atom stereocenters. The van der Waals surface area contributed by atoms with Gasteiger partial charge in [-0.25, -0.2) is 4.79 Å². The molecule has 0 saturated heterocycles. The van der Waals surface area contributed by atoms with Gasteiger partial charge in [-0.3, -0.25) is 19.1 Å². The van der Waals surface area contributed by atoms with Gasteiger partial charge in [-0.1, -0.05) is 0 Å². The Balaban J connectivity index is 2.28. The lowest BCUT2D eigenvalue weighted by atomic mass is 10.3. The van der Waals surface area contributed by atoms with Crippen molar-refractivity contribution in [1.82, 2.24) is 9.55 Å². The summed E-state index contributed by atoms with van der Waals surface area (Å²) in [7, 11) is 0. The second kappa shape index (κ2) is 4.80. The van der Waals surface area contributed by atoms with E-state index in [1.807, 2.05) is 0 Å². The van der Waals surface area contributed by atoms with Crippen LogP contribution in [0.1, 0.15) is 9.67 Å². The fraction of sp³-hybridized carbons (Fsp3) is 0.100. The zero-order chi connectivity index (χ0) is 12.4. The van der Waals surface area contributed by atoms with Gasteiger partial charge in [0.25, 0.3) is 5.56 Å². The van der Waals surface area contributed by atoms with Gasteiger partial charge in [-0.05, 0) is 27.4 Å². The first-order chi connectivity index (χ1) is 8.08. The highest BCUT2D eigenvalue weighted by molar-refractivity contribution is 9.10. The Hall–Kier alpha value is -1.47. The highest BCUT2D eigenvalue weighted by atomic mass is 79.9. The van der Waals surface area contributed by atoms with Crippen LogP contribution < -0.4 is 11.2 Å². The number of halogens is 1. The number of aromatic nitrogens is 2. The van der Waals surface area contributed by atoms with Crippen molar-refractivity contribution in [2.24, 2.45) is 0 Å². The molecule has 0 aromatic carbocycles. The third kappa shape index (κ3) is 2.62. The van der Waals surface area contributed by atoms with Crippen LogP contribution in [0.3, 0.4) is 0 Å². The maximum atomic E-state index is 11.9. The summed E-state index contributed by atoms with van der Waals surface area (Å²) in [4.78, 5) is 36.7. The molecule has 5 nitrogen and oxygen atoms in total. The molecule has 1 N–H and O–H groups in total. The summed E-state index contributed by atoms with van der Waals surface area (Å²) < 4.78 is 1.88. The summed E-state index contributed by atoms with van der Waals surface area (Å²) in [6.07, 6.45) is 1.31. The molecule has 0 spiro atoms. The number of carbonyl (C=O) groups is 1. The van der Waals surface area contributed by atoms with Gasteiger partial charge in [0, 0.05) is 16.7 Å². The molecule has 0 atom stereocenters. The van der Waals surface area contributed by atoms with Crippen molar-refractivity contribution in [3.8, 4) is 0 Å². The first kappa shape index (κ1) is 12.0. The molecule has 0 aliphatic heterocycles. The first-order valence-corrected chi connectivity index (χ1v) is 6.31. The normalized spacial score (nSPS) is 10.4. The van der Waals surface area contributed by atoms with E-state index in [0.717, 1.165) is 4.57 Å². The fourth-order valence-corrected chi connectivity index (χ4v) is 2.81. The van der Waals surface area contributed by atoms with E-state index in [2.05, 4.69) is 20.9 Å². The molecule has 0 aliphatic rings. The number of hydrogen-bond donors (Lipinski definition) is 1. The minimum Gasteiger partial charge on any atom is -0.293 e. The van der Waals surface area contributed by atoms with Crippen molar-refractivity contribution in [2.75, 3.05) is 0 Å². The lowest BCUT2D eigenvalue weighted by molar-refractivity contribution is 0.0973. The van der Waals surface area contributed by atoms with E-state index in [1.54, 1.807) is 11.4 Å². The maximum absolute atomic E-state index is 11.9. The smallest absolute Gasteiger partial charge is 0.293 e. The topological polar surface area (TPSA) is 71.9 Å². The lowest BCUT2D eigenvalue weighted by Crippen LogP contribution is -2.30. The van der Waals surface area contributed by atoms with Crippen LogP contribution in [0.25, 0.3) is 0 Å². The van der Waals surface area contributed by atoms with Crippen LogP contribution in [0, 0.1) is 0 Å². The van der Waals surface area contributed by atoms with Gasteiger partial charge in [-0.15, -0.1) is 11.3 Å². The minimum atomic E-state index is -0.585. The number of nitrogens with zero attached hydrogens (tertiary/aromatic N) is 1. The molecule has 7 heteroatoms. The molecule has 2 aromatic rings. The summed E-state index contributed by atoms with van der Waals surface area (Å²) in [5.41, 5.74) is -1.06. The number of hydrogen-bond acceptors (Lipinski definition) is 4. The number of nitrogens with one attached hydrogen (secondary N) is 1. The molecule has 0 fully saturated rings. The molecule has 2 aromatic heterocycles. The van der Waals surface area contributed by atoms with Gasteiger partial charge >= 0.3 is 5.69 Å². The molecule has 0 amide bonds. The molecular weight excluding hydrogens is 308 g/mol. The number of H-pyrrole nitrogens is 1. The number of thiophene rings is 1. The second-order valence-corrected chi connectivity index (χ2v) is 5.03. The van der Waals surface area contributed by atoms with Crippen molar-refractivity contribution in [1.29, 1.82) is 0 Å². The van der Waals surface area contributed by atoms with Gasteiger partial charge in [0.15, 0.2) is 5.78 Å². The van der Waals surface area contributed by atoms with Crippen molar-refractivity contribution in [2.45, 2.75) is 6.54 Å². The molecule has 0 aliphatic carbocycles. The molecule has 2 rings (SSSR count). The Morgan fingerprint density at radius 3 is 2.76 bits per heavy atom. The third-order valence-electron chi connectivity index (χ3n) is 2.08. The predicted molar refractivity (Wildman–Crippen MR) is 67.7 cm³/mol. The summed E-state index contributed by atoms with van der Waals surface area (Å²) >= 11 is 4.56. The quantitative estimate of drug-likeness (QED) is 0.866. The second-order valence-electron chi connectivity index (χ2n) is 3.26. The van der Waals surface area contributed by atoms with Crippen LogP contribution in [0.2, 0.25) is 0 Å². The average Bonchev–Trinajstić information content (AvgIpc) is 2.68. The molecular formula is C10H7BrN2O3S. The highest BCUT2D eigenvalue weighted by Gasteiger charge is 2.12. The largest absolute Gasteiger partial charge is 0.328 e. The molecule has 0 saturated carbocycles. The summed E-state index contributed by atoms with van der Waals surface area (Å²) in [6.45, 7) is -0.0886. The third-order valence-corrected chi connectivity index (χ3v) is 3.96. The van der Waals surface area contributed by atoms with Crippen LogP contribution in [0.4, 0.5) is 0 Å². The number of carbonyl (C=O) groups excluding carboxylic acids is 1. The van der Waals surface area contributed by atoms with E-state index in [-0.39, 0.29) is 12.3 Å². The fourth-order valence-electron chi connectivity index (χ4n) is 1.29. The monoisotopic (exact) mass is 314 g/mol. The van der Waals surface area contributed by atoms with E-state index in [4.69, 9.17) is 0 Å². The highest BCUT2D eigenvalue weighted by Crippen LogP contribution is 2.23. The Labute approximate surface area is 108 Å². The van der Waals surface area contributed by atoms with E-state index >= 15 is 0 Å². The molecule has 88 valence electrons. The SMILES string of the molecule is O=C(Cn1ccc(=O)[nH]c1=O)c1sccc1Br. The van der Waals surface area contributed by atoms with Gasteiger partial charge in [0.2, 0.25) is 0 Å². The van der Waals surface area contributed by atoms with Crippen molar-refractivity contribution in [3.63, 3.8) is 0 Å². The predicted octanol–water partition coefficient (Wildman–Crippen LogP) is 1.24. The number of aromatic amines is 1. The zero-order valence-corrected chi connectivity index (χ0v) is 10.9. The molecule has 0 bridgehead atoms. The number of ketones is 1. The minimum absolute atomic E-state index is 0.0886. The number of rotatable bonds is 3. The van der Waals surface area contributed by atoms with Crippen molar-refractivity contribution < 1.29 is 4.79 Å². The van der Waals surface area contributed by atoms with Crippen LogP contribution in [0.5, 0.6) is 0 Å². The van der Waals surface area contributed by atoms with Gasteiger partial charge < -0.3 is 0 Å². The molecule has 17 heavy (non-hydrogen) atoms. The summed E-state index contributed by atoms with van der Waals surface area (Å²) in [5, 5.41) is 1.78. The number of Topliss-reactive ketones (excluding diaryl/α,β-unsaturated/α-hetero) is 1. The van der Waals surface area contributed by atoms with Gasteiger partial charge in [0.1, 0.15) is 0 Å². The van der Waals surface area contributed by atoms with Crippen molar-refractivity contribution in [3.05, 3.63) is 53.9 Å².